The Bertz CT molecular complexity index is 3920. The Morgan fingerprint density at radius 3 is 1.41 bits per heavy atom. The molecule has 3 fully saturated rings. The summed E-state index contributed by atoms with van der Waals surface area (Å²) in [4.78, 5) is 80.8. The summed E-state index contributed by atoms with van der Waals surface area (Å²) in [5.41, 5.74) is 19.1. The number of H-pyrrole nitrogens is 3. The number of hydrogen-bond donors (Lipinski definition) is 6. The number of allylic oxidation sites excluding steroid dienone is 6. The zero-order valence-corrected chi connectivity index (χ0v) is 56.0. The maximum absolute atomic E-state index is 13.0. The molecule has 3 aliphatic carbocycles. The number of aliphatic carboxylic acids is 1. The minimum atomic E-state index is -0.953. The first-order valence-electron chi connectivity index (χ1n) is 33.8. The third kappa shape index (κ3) is 16.0. The number of carbonyl (C=O) groups excluding carboxylic acids is 4. The van der Waals surface area contributed by atoms with Crippen LogP contribution in [0.15, 0.2) is 97.5 Å². The molecule has 0 saturated carbocycles. The van der Waals surface area contributed by atoms with E-state index in [1.54, 1.807) is 12.3 Å². The number of benzene rings is 3. The van der Waals surface area contributed by atoms with Crippen molar-refractivity contribution < 1.29 is 48.4 Å². The molecule has 6 heterocycles. The normalized spacial score (nSPS) is 19.1. The number of aliphatic hydroxyl groups is 1. The molecular weight excluding hydrogens is 1200 g/mol. The van der Waals surface area contributed by atoms with Gasteiger partial charge in [0.1, 0.15) is 11.4 Å². The van der Waals surface area contributed by atoms with Gasteiger partial charge in [0.2, 0.25) is 17.5 Å². The van der Waals surface area contributed by atoms with Crippen LogP contribution in [0.2, 0.25) is 0 Å². The fourth-order valence-electron chi connectivity index (χ4n) is 14.3. The van der Waals surface area contributed by atoms with Crippen LogP contribution in [0.4, 0.5) is 0 Å². The standard InChI is InChI=1S/C28H31NO4.C27H31N3O3.C25H28N2O3/c1-4-19-15-24(29-18-19)25(30)16-21-5-6-22(28(26(31)32)11-13-33-14-12-28)17-23(21)20-7-9-27(2,3)10-8-20;1-4-21-17-29-24(30-21)23(31)15-19-5-6-20(27(25(28)32)11-13-33-14-12-27)16-22(19)18-7-9-26(2,3)10-8-18;1-2-21-16-26-24(27-21)23(29)14-19-8-9-20(25(17-28)10-12-30-13-11-25)15-22(19)18-6-4-3-5-7-18/h1,5-7,15,17-18,29H,8-14,16H2,2-3H3,(H,31,32);1,5-7,16-17H,8-15H2,2-3H3,(H2,28,32)(H,29,30);1,6,8-9,15-16,28H,3-5,7,10-14,17H2,(H,26,27). The fraction of sp³-hybridized carbons (Fsp3) is 0.438. The van der Waals surface area contributed by atoms with Crippen LogP contribution in [-0.4, -0.2) is 111 Å². The number of imidazole rings is 2. The Kier molecular flexibility index (Phi) is 22.1. The van der Waals surface area contributed by atoms with Crippen LogP contribution in [0.5, 0.6) is 0 Å². The largest absolute Gasteiger partial charge is 0.481 e. The van der Waals surface area contributed by atoms with Gasteiger partial charge in [0.25, 0.3) is 0 Å². The van der Waals surface area contributed by atoms with Gasteiger partial charge in [0.15, 0.2) is 17.4 Å². The number of carbonyl (C=O) groups is 5. The third-order valence-corrected chi connectivity index (χ3v) is 20.8. The van der Waals surface area contributed by atoms with Gasteiger partial charge in [-0.1, -0.05) is 118 Å². The summed E-state index contributed by atoms with van der Waals surface area (Å²) in [6, 6.07) is 19.9. The number of primary amides is 1. The van der Waals surface area contributed by atoms with Gasteiger partial charge in [-0.25, -0.2) is 9.97 Å². The van der Waals surface area contributed by atoms with Crippen LogP contribution in [0.3, 0.4) is 0 Å². The first-order valence-corrected chi connectivity index (χ1v) is 33.8. The lowest BCUT2D eigenvalue weighted by atomic mass is 9.71. The molecule has 1 amide bonds. The Balaban J connectivity index is 0.000000157. The molecule has 96 heavy (non-hydrogen) atoms. The van der Waals surface area contributed by atoms with Crippen LogP contribution >= 0.6 is 0 Å². The van der Waals surface area contributed by atoms with Gasteiger partial charge < -0.3 is 45.1 Å². The summed E-state index contributed by atoms with van der Waals surface area (Å²) in [5, 5.41) is 20.4. The summed E-state index contributed by atoms with van der Waals surface area (Å²) < 4.78 is 16.5. The summed E-state index contributed by atoms with van der Waals surface area (Å²) in [5.74, 6) is 6.65. The summed E-state index contributed by atoms with van der Waals surface area (Å²) in [6.45, 7) is 12.4. The predicted octanol–water partition coefficient (Wildman–Crippen LogP) is 12.9. The molecule has 7 N–H and O–H groups in total. The summed E-state index contributed by atoms with van der Waals surface area (Å²) in [6.07, 6.45) is 42.4. The second-order valence-electron chi connectivity index (χ2n) is 28.2. The average molecular weight is 1300 g/mol. The monoisotopic (exact) mass is 1290 g/mol. The van der Waals surface area contributed by atoms with Crippen molar-refractivity contribution >= 4 is 45.9 Å². The number of nitrogens with zero attached hydrogens (tertiary/aromatic N) is 2. The van der Waals surface area contributed by atoms with Crippen LogP contribution in [0.25, 0.3) is 16.7 Å². The molecule has 3 saturated heterocycles. The SMILES string of the molecule is C#Cc1c[nH]c(C(=O)Cc2ccc(C3(C(=O)O)CCOCC3)cc2C2=CCC(C)(C)CC2)c1.C#Cc1cnc(C(=O)Cc2ccc(C3(C(N)=O)CCOCC3)cc2C2=CCC(C)(C)CC2)[nH]1.C#Cc1cnc(C(=O)Cc2ccc(C3(CO)CCOCC3)cc2C2=CCCCC2)[nH]1. The number of amides is 1. The van der Waals surface area contributed by atoms with E-state index in [0.29, 0.717) is 93.8 Å². The number of carboxylic acid groups (broad SMARTS) is 1. The lowest BCUT2D eigenvalue weighted by molar-refractivity contribution is -0.147. The van der Waals surface area contributed by atoms with E-state index in [1.165, 1.54) is 35.5 Å². The van der Waals surface area contributed by atoms with Gasteiger partial charge in [-0.05, 0) is 186 Å². The van der Waals surface area contributed by atoms with E-state index >= 15 is 0 Å². The van der Waals surface area contributed by atoms with E-state index in [-0.39, 0.29) is 71.2 Å². The minimum Gasteiger partial charge on any atom is -0.481 e. The third-order valence-electron chi connectivity index (χ3n) is 20.8. The molecule has 12 rings (SSSR count). The van der Waals surface area contributed by atoms with Crippen LogP contribution in [0.1, 0.15) is 229 Å². The number of hydrogen-bond acceptors (Lipinski definition) is 11. The van der Waals surface area contributed by atoms with E-state index in [0.717, 1.165) is 121 Å². The van der Waals surface area contributed by atoms with Crippen LogP contribution in [-0.2, 0) is 59.3 Å². The highest BCUT2D eigenvalue weighted by Crippen LogP contribution is 2.45. The molecule has 16 heteroatoms. The van der Waals surface area contributed by atoms with Crippen molar-refractivity contribution in [3.63, 3.8) is 0 Å². The quantitative estimate of drug-likeness (QED) is 0.0347. The van der Waals surface area contributed by atoms with Crippen molar-refractivity contribution in [2.75, 3.05) is 46.2 Å². The topological polar surface area (TPSA) is 253 Å². The zero-order chi connectivity index (χ0) is 68.3. The maximum Gasteiger partial charge on any atom is 0.314 e. The van der Waals surface area contributed by atoms with Crippen LogP contribution < -0.4 is 5.73 Å². The highest BCUT2D eigenvalue weighted by Gasteiger charge is 2.44. The lowest BCUT2D eigenvalue weighted by Gasteiger charge is -2.36. The molecule has 6 aliphatic rings. The van der Waals surface area contributed by atoms with E-state index in [9.17, 15) is 34.2 Å². The molecule has 500 valence electrons. The zero-order valence-electron chi connectivity index (χ0n) is 56.0. The second kappa shape index (κ2) is 30.4. The molecule has 3 aromatic heterocycles. The van der Waals surface area contributed by atoms with Crippen molar-refractivity contribution in [3.8, 4) is 37.0 Å². The Labute approximate surface area is 564 Å². The van der Waals surface area contributed by atoms with E-state index in [4.69, 9.17) is 39.2 Å². The molecule has 3 aromatic carbocycles. The van der Waals surface area contributed by atoms with Gasteiger partial charge in [-0.3, -0.25) is 24.0 Å². The number of Topliss-reactive ketones (excluding diaryl/α,β-unsaturated/α-hetero) is 3. The number of nitrogens with two attached hydrogens (primary N) is 1. The number of ketones is 3. The molecule has 0 spiro atoms. The lowest BCUT2D eigenvalue weighted by Crippen LogP contribution is -2.45. The minimum absolute atomic E-state index is 0.0405. The number of aliphatic hydroxyl groups excluding tert-OH is 1. The Morgan fingerprint density at radius 2 is 1.00 bits per heavy atom. The fourth-order valence-corrected chi connectivity index (χ4v) is 14.3. The molecule has 0 unspecified atom stereocenters. The van der Waals surface area contributed by atoms with Crippen LogP contribution in [0, 0.1) is 47.9 Å². The first-order chi connectivity index (χ1) is 46.1. The van der Waals surface area contributed by atoms with Gasteiger partial charge in [-0.15, -0.1) is 19.3 Å². The number of terminal acetylenes is 3. The van der Waals surface area contributed by atoms with Crippen molar-refractivity contribution in [2.45, 2.75) is 166 Å². The summed E-state index contributed by atoms with van der Waals surface area (Å²) in [7, 11) is 0. The first kappa shape index (κ1) is 69.9. The number of aromatic amines is 3. The van der Waals surface area contributed by atoms with E-state index in [2.05, 4.69) is 113 Å². The van der Waals surface area contributed by atoms with Gasteiger partial charge in [-0.2, -0.15) is 0 Å². The summed E-state index contributed by atoms with van der Waals surface area (Å²) >= 11 is 0. The van der Waals surface area contributed by atoms with Gasteiger partial charge in [0.05, 0.1) is 35.5 Å². The van der Waals surface area contributed by atoms with Gasteiger partial charge >= 0.3 is 5.97 Å². The smallest absolute Gasteiger partial charge is 0.314 e. The van der Waals surface area contributed by atoms with E-state index in [1.807, 2.05) is 30.3 Å². The maximum atomic E-state index is 13.0. The molecule has 0 radical (unpaired) electrons. The second-order valence-corrected chi connectivity index (χ2v) is 28.2. The molecule has 3 aliphatic heterocycles. The van der Waals surface area contributed by atoms with Gasteiger partial charge in [0, 0.05) is 76.1 Å². The number of rotatable bonds is 18. The Hall–Kier alpha value is -8.95. The molecule has 6 aromatic rings. The molecule has 16 nitrogen and oxygen atoms in total. The predicted molar refractivity (Wildman–Crippen MR) is 372 cm³/mol. The average Bonchev–Trinajstić information content (AvgIpc) is 0.807. The number of aromatic nitrogens is 5. The molecule has 0 bridgehead atoms. The highest BCUT2D eigenvalue weighted by molar-refractivity contribution is 5.98. The highest BCUT2D eigenvalue weighted by atomic mass is 16.5. The van der Waals surface area contributed by atoms with Crippen molar-refractivity contribution in [1.82, 2.24) is 24.9 Å². The number of carboxylic acids is 1. The van der Waals surface area contributed by atoms with Crippen molar-refractivity contribution in [3.05, 3.63) is 182 Å². The number of ether oxygens (including phenoxy) is 3. The van der Waals surface area contributed by atoms with E-state index < -0.39 is 16.8 Å². The van der Waals surface area contributed by atoms with Crippen molar-refractivity contribution in [2.24, 2.45) is 16.6 Å². The van der Waals surface area contributed by atoms with Crippen molar-refractivity contribution in [1.29, 1.82) is 0 Å². The molecular formula is C80H90N6O10. The number of nitrogens with one attached hydrogen (secondary N) is 3. The Morgan fingerprint density at radius 1 is 0.552 bits per heavy atom. The molecule has 0 atom stereocenters.